The molecule has 1 nitrogen and oxygen atoms in total. The zero-order valence-corrected chi connectivity index (χ0v) is 12.2. The molecule has 94 valence electrons. The van der Waals surface area contributed by atoms with E-state index in [9.17, 15) is 0 Å². The van der Waals surface area contributed by atoms with Gasteiger partial charge in [-0.25, -0.2) is 0 Å². The first-order valence-electron chi connectivity index (χ1n) is 6.28. The average Bonchev–Trinajstić information content (AvgIpc) is 2.38. The predicted molar refractivity (Wildman–Crippen MR) is 80.9 cm³/mol. The highest BCUT2D eigenvalue weighted by Gasteiger charge is 2.31. The molecule has 1 fully saturated rings. The third-order valence-corrected chi connectivity index (χ3v) is 6.77. The van der Waals surface area contributed by atoms with Gasteiger partial charge in [-0.05, 0) is 24.5 Å². The molecule has 0 radical (unpaired) electrons. The summed E-state index contributed by atoms with van der Waals surface area (Å²) in [6, 6.07) is 8.72. The van der Waals surface area contributed by atoms with Gasteiger partial charge in [-0.2, -0.15) is 23.5 Å². The molecule has 0 spiro atoms. The Kier molecular flexibility index (Phi) is 4.83. The van der Waals surface area contributed by atoms with Crippen LogP contribution >= 0.6 is 23.5 Å². The van der Waals surface area contributed by atoms with E-state index in [1.807, 2.05) is 0 Å². The van der Waals surface area contributed by atoms with E-state index in [0.717, 1.165) is 0 Å². The van der Waals surface area contributed by atoms with Gasteiger partial charge in [0.1, 0.15) is 0 Å². The van der Waals surface area contributed by atoms with Crippen molar-refractivity contribution in [3.63, 3.8) is 0 Å². The molecule has 1 saturated heterocycles. The van der Waals surface area contributed by atoms with E-state index in [-0.39, 0.29) is 6.04 Å². The topological polar surface area (TPSA) is 26.0 Å². The normalized spacial score (nSPS) is 26.8. The van der Waals surface area contributed by atoms with Crippen LogP contribution in [-0.4, -0.2) is 22.0 Å². The van der Waals surface area contributed by atoms with Gasteiger partial charge in [-0.15, -0.1) is 0 Å². The molecule has 3 atom stereocenters. The maximum Gasteiger partial charge on any atom is 0.0429 e. The van der Waals surface area contributed by atoms with Crippen LogP contribution < -0.4 is 5.73 Å². The smallest absolute Gasteiger partial charge is 0.0429 e. The van der Waals surface area contributed by atoms with Crippen LogP contribution in [0, 0.1) is 6.92 Å². The number of aryl methyl sites for hydroxylation is 1. The Labute approximate surface area is 113 Å². The highest BCUT2D eigenvalue weighted by atomic mass is 32.2. The quantitative estimate of drug-likeness (QED) is 0.906. The minimum absolute atomic E-state index is 0.180. The fourth-order valence-electron chi connectivity index (χ4n) is 2.41. The van der Waals surface area contributed by atoms with Crippen LogP contribution in [0.4, 0.5) is 0 Å². The molecule has 1 aromatic carbocycles. The van der Waals surface area contributed by atoms with E-state index >= 15 is 0 Å². The molecular weight excluding hydrogens is 246 g/mol. The van der Waals surface area contributed by atoms with E-state index in [1.165, 1.54) is 29.1 Å². The van der Waals surface area contributed by atoms with Crippen molar-refractivity contribution in [3.8, 4) is 0 Å². The number of hydrogen-bond donors (Lipinski definition) is 1. The van der Waals surface area contributed by atoms with Crippen molar-refractivity contribution in [1.82, 2.24) is 0 Å². The number of hydrogen-bond acceptors (Lipinski definition) is 3. The molecule has 1 aliphatic rings. The molecule has 3 heteroatoms. The van der Waals surface area contributed by atoms with Gasteiger partial charge in [0.15, 0.2) is 0 Å². The Hall–Kier alpha value is -0.120. The van der Waals surface area contributed by atoms with Gasteiger partial charge < -0.3 is 5.73 Å². The molecule has 17 heavy (non-hydrogen) atoms. The van der Waals surface area contributed by atoms with Crippen LogP contribution in [0.15, 0.2) is 24.3 Å². The Balaban J connectivity index is 2.18. The first-order chi connectivity index (χ1) is 8.24. The molecule has 2 N–H and O–H groups in total. The molecule has 0 aromatic heterocycles. The van der Waals surface area contributed by atoms with Gasteiger partial charge in [0.05, 0.1) is 0 Å². The van der Waals surface area contributed by atoms with E-state index < -0.39 is 0 Å². The SMILES string of the molecule is CCC1SCCSC1C(N)c1ccccc1C. The second-order valence-corrected chi connectivity index (χ2v) is 7.17. The largest absolute Gasteiger partial charge is 0.323 e. The van der Waals surface area contributed by atoms with Gasteiger partial charge in [0.2, 0.25) is 0 Å². The molecule has 2 rings (SSSR count). The van der Waals surface area contributed by atoms with E-state index in [1.54, 1.807) is 0 Å². The van der Waals surface area contributed by atoms with Crippen LogP contribution in [0.5, 0.6) is 0 Å². The zero-order valence-electron chi connectivity index (χ0n) is 10.6. The van der Waals surface area contributed by atoms with Crippen molar-refractivity contribution in [2.45, 2.75) is 36.8 Å². The summed E-state index contributed by atoms with van der Waals surface area (Å²) in [6.07, 6.45) is 1.22. The van der Waals surface area contributed by atoms with E-state index in [0.29, 0.717) is 10.5 Å². The van der Waals surface area contributed by atoms with Crippen LogP contribution in [0.2, 0.25) is 0 Å². The fraction of sp³-hybridized carbons (Fsp3) is 0.571. The number of thioether (sulfide) groups is 2. The number of rotatable bonds is 3. The highest BCUT2D eigenvalue weighted by Crippen LogP contribution is 2.39. The molecule has 1 aliphatic heterocycles. The first-order valence-corrected chi connectivity index (χ1v) is 8.38. The molecule has 0 amide bonds. The van der Waals surface area contributed by atoms with Gasteiger partial charge in [-0.3, -0.25) is 0 Å². The van der Waals surface area contributed by atoms with Crippen molar-refractivity contribution in [3.05, 3.63) is 35.4 Å². The van der Waals surface area contributed by atoms with Crippen molar-refractivity contribution < 1.29 is 0 Å². The molecule has 3 unspecified atom stereocenters. The standard InChI is InChI=1S/C14H21NS2/c1-3-12-14(17-9-8-16-12)13(15)11-7-5-4-6-10(11)2/h4-7,12-14H,3,8-9,15H2,1-2H3. The Morgan fingerprint density at radius 2 is 2.00 bits per heavy atom. The fourth-order valence-corrected chi connectivity index (χ4v) is 5.58. The summed E-state index contributed by atoms with van der Waals surface area (Å²) in [5.74, 6) is 2.52. The number of nitrogens with two attached hydrogens (primary N) is 1. The van der Waals surface area contributed by atoms with Crippen molar-refractivity contribution in [1.29, 1.82) is 0 Å². The van der Waals surface area contributed by atoms with Crippen LogP contribution in [0.3, 0.4) is 0 Å². The first kappa shape index (κ1) is 13.3. The van der Waals surface area contributed by atoms with Crippen molar-refractivity contribution in [2.75, 3.05) is 11.5 Å². The van der Waals surface area contributed by atoms with E-state index in [2.05, 4.69) is 61.6 Å². The van der Waals surface area contributed by atoms with Crippen LogP contribution in [0.1, 0.15) is 30.5 Å². The maximum absolute atomic E-state index is 6.50. The summed E-state index contributed by atoms with van der Waals surface area (Å²) in [5.41, 5.74) is 9.15. The van der Waals surface area contributed by atoms with E-state index in [4.69, 9.17) is 5.73 Å². The molecular formula is C14H21NS2. The monoisotopic (exact) mass is 267 g/mol. The average molecular weight is 267 g/mol. The lowest BCUT2D eigenvalue weighted by Gasteiger charge is -2.34. The Bertz CT molecular complexity index is 367. The third-order valence-electron chi connectivity index (χ3n) is 3.40. The zero-order chi connectivity index (χ0) is 12.3. The molecule has 0 aliphatic carbocycles. The van der Waals surface area contributed by atoms with Gasteiger partial charge in [-0.1, -0.05) is 31.2 Å². The minimum Gasteiger partial charge on any atom is -0.323 e. The van der Waals surface area contributed by atoms with Gasteiger partial charge >= 0.3 is 0 Å². The summed E-state index contributed by atoms with van der Waals surface area (Å²) < 4.78 is 0. The third kappa shape index (κ3) is 3.01. The molecule has 1 heterocycles. The summed E-state index contributed by atoms with van der Waals surface area (Å²) in [4.78, 5) is 0. The lowest BCUT2D eigenvalue weighted by molar-refractivity contribution is 0.628. The number of benzene rings is 1. The molecule has 0 saturated carbocycles. The van der Waals surface area contributed by atoms with Crippen molar-refractivity contribution in [2.24, 2.45) is 5.73 Å². The second kappa shape index (κ2) is 6.17. The molecule has 1 aromatic rings. The Morgan fingerprint density at radius 3 is 2.71 bits per heavy atom. The highest BCUT2D eigenvalue weighted by molar-refractivity contribution is 8.07. The molecule has 0 bridgehead atoms. The Morgan fingerprint density at radius 1 is 1.29 bits per heavy atom. The lowest BCUT2D eigenvalue weighted by Crippen LogP contribution is -2.35. The summed E-state index contributed by atoms with van der Waals surface area (Å²) in [5, 5.41) is 1.28. The second-order valence-electron chi connectivity index (χ2n) is 4.54. The van der Waals surface area contributed by atoms with Crippen molar-refractivity contribution >= 4 is 23.5 Å². The lowest BCUT2D eigenvalue weighted by atomic mass is 9.97. The minimum atomic E-state index is 0.180. The maximum atomic E-state index is 6.50. The van der Waals surface area contributed by atoms with Gasteiger partial charge in [0, 0.05) is 28.0 Å². The van der Waals surface area contributed by atoms with Gasteiger partial charge in [0.25, 0.3) is 0 Å². The summed E-state index contributed by atoms with van der Waals surface area (Å²) in [7, 11) is 0. The van der Waals surface area contributed by atoms with Crippen LogP contribution in [0.25, 0.3) is 0 Å². The predicted octanol–water partition coefficient (Wildman–Crippen LogP) is 3.62. The van der Waals surface area contributed by atoms with Crippen LogP contribution in [-0.2, 0) is 0 Å². The summed E-state index contributed by atoms with van der Waals surface area (Å²) in [6.45, 7) is 4.44. The summed E-state index contributed by atoms with van der Waals surface area (Å²) >= 11 is 4.16.